The maximum atomic E-state index is 12.9. The lowest BCUT2D eigenvalue weighted by Gasteiger charge is -2.33. The van der Waals surface area contributed by atoms with E-state index in [2.05, 4.69) is 5.32 Å². The SMILES string of the molecule is Cc1cccc(C(=O)N2CCC[C@@H](CNC(=O)OC(C)(C)C)C2)c1[N+](=O)[O-]. The first-order valence-corrected chi connectivity index (χ1v) is 9.08. The molecule has 0 aromatic heterocycles. The summed E-state index contributed by atoms with van der Waals surface area (Å²) < 4.78 is 5.22. The number of piperidine rings is 1. The highest BCUT2D eigenvalue weighted by Crippen LogP contribution is 2.26. The number of nitrogens with zero attached hydrogens (tertiary/aromatic N) is 2. The number of para-hydroxylation sites is 1. The van der Waals surface area contributed by atoms with Gasteiger partial charge < -0.3 is 15.0 Å². The molecule has 2 rings (SSSR count). The molecule has 0 spiro atoms. The van der Waals surface area contributed by atoms with Gasteiger partial charge in [0.1, 0.15) is 11.2 Å². The third-order valence-electron chi connectivity index (χ3n) is 4.39. The summed E-state index contributed by atoms with van der Waals surface area (Å²) >= 11 is 0. The molecule has 1 aromatic rings. The zero-order chi connectivity index (χ0) is 20.2. The van der Waals surface area contributed by atoms with E-state index < -0.39 is 16.6 Å². The Balaban J connectivity index is 2.02. The van der Waals surface area contributed by atoms with Gasteiger partial charge in [-0.1, -0.05) is 12.1 Å². The molecule has 1 saturated heterocycles. The van der Waals surface area contributed by atoms with E-state index in [-0.39, 0.29) is 23.1 Å². The van der Waals surface area contributed by atoms with Crippen molar-refractivity contribution in [3.05, 3.63) is 39.4 Å². The molecule has 1 atom stereocenters. The fourth-order valence-corrected chi connectivity index (χ4v) is 3.20. The summed E-state index contributed by atoms with van der Waals surface area (Å²) in [4.78, 5) is 37.1. The van der Waals surface area contributed by atoms with Gasteiger partial charge in [0.05, 0.1) is 4.92 Å². The highest BCUT2D eigenvalue weighted by atomic mass is 16.6. The van der Waals surface area contributed by atoms with E-state index >= 15 is 0 Å². The van der Waals surface area contributed by atoms with Crippen molar-refractivity contribution in [2.24, 2.45) is 5.92 Å². The van der Waals surface area contributed by atoms with E-state index in [0.717, 1.165) is 12.8 Å². The number of hydrogen-bond donors (Lipinski definition) is 1. The van der Waals surface area contributed by atoms with E-state index in [4.69, 9.17) is 4.74 Å². The molecule has 0 saturated carbocycles. The molecule has 27 heavy (non-hydrogen) atoms. The number of nitro groups is 1. The van der Waals surface area contributed by atoms with E-state index in [1.54, 1.807) is 44.7 Å². The van der Waals surface area contributed by atoms with Crippen molar-refractivity contribution in [2.45, 2.75) is 46.1 Å². The number of carbonyl (C=O) groups excluding carboxylic acids is 2. The minimum atomic E-state index is -0.567. The smallest absolute Gasteiger partial charge is 0.407 e. The van der Waals surface area contributed by atoms with E-state index in [1.807, 2.05) is 0 Å². The molecule has 8 heteroatoms. The van der Waals surface area contributed by atoms with Crippen LogP contribution in [0.15, 0.2) is 18.2 Å². The van der Waals surface area contributed by atoms with Gasteiger partial charge >= 0.3 is 6.09 Å². The molecule has 0 aliphatic carbocycles. The molecular weight excluding hydrogens is 350 g/mol. The number of benzene rings is 1. The predicted octanol–water partition coefficient (Wildman–Crippen LogP) is 3.28. The van der Waals surface area contributed by atoms with Gasteiger partial charge in [0.25, 0.3) is 11.6 Å². The lowest BCUT2D eigenvalue weighted by atomic mass is 9.97. The van der Waals surface area contributed by atoms with Crippen LogP contribution in [0.4, 0.5) is 10.5 Å². The molecular formula is C19H27N3O5. The summed E-state index contributed by atoms with van der Waals surface area (Å²) in [6.07, 6.45) is 1.17. The number of aryl methyl sites for hydroxylation is 1. The molecule has 1 heterocycles. The number of hydrogen-bond acceptors (Lipinski definition) is 5. The van der Waals surface area contributed by atoms with Crippen LogP contribution in [0.5, 0.6) is 0 Å². The molecule has 1 aliphatic heterocycles. The maximum absolute atomic E-state index is 12.9. The Bertz CT molecular complexity index is 727. The third kappa shape index (κ3) is 5.67. The summed E-state index contributed by atoms with van der Waals surface area (Å²) in [5, 5.41) is 14.1. The molecule has 1 fully saturated rings. The second kappa shape index (κ2) is 8.37. The van der Waals surface area contributed by atoms with Crippen molar-refractivity contribution < 1.29 is 19.2 Å². The Hall–Kier alpha value is -2.64. The topological polar surface area (TPSA) is 102 Å². The molecule has 1 N–H and O–H groups in total. The molecule has 0 bridgehead atoms. The highest BCUT2D eigenvalue weighted by molar-refractivity contribution is 5.98. The number of likely N-dealkylation sites (tertiary alicyclic amines) is 1. The van der Waals surface area contributed by atoms with Gasteiger partial charge in [0.15, 0.2) is 0 Å². The zero-order valence-electron chi connectivity index (χ0n) is 16.3. The summed E-state index contributed by atoms with van der Waals surface area (Å²) in [6, 6.07) is 4.77. The summed E-state index contributed by atoms with van der Waals surface area (Å²) in [7, 11) is 0. The number of ether oxygens (including phenoxy) is 1. The normalized spacial score (nSPS) is 17.3. The predicted molar refractivity (Wildman–Crippen MR) is 101 cm³/mol. The Morgan fingerprint density at radius 1 is 1.37 bits per heavy atom. The fourth-order valence-electron chi connectivity index (χ4n) is 3.20. The van der Waals surface area contributed by atoms with E-state index in [0.29, 0.717) is 25.2 Å². The number of carbonyl (C=O) groups is 2. The van der Waals surface area contributed by atoms with Crippen LogP contribution in [0.25, 0.3) is 0 Å². The quantitative estimate of drug-likeness (QED) is 0.641. The average molecular weight is 377 g/mol. The van der Waals surface area contributed by atoms with Crippen LogP contribution in [0.3, 0.4) is 0 Å². The van der Waals surface area contributed by atoms with Crippen LogP contribution in [-0.4, -0.2) is 47.1 Å². The first-order chi connectivity index (χ1) is 12.6. The number of nitrogens with one attached hydrogen (secondary N) is 1. The number of amides is 2. The van der Waals surface area contributed by atoms with Crippen LogP contribution in [0, 0.1) is 23.0 Å². The van der Waals surface area contributed by atoms with Crippen molar-refractivity contribution in [1.82, 2.24) is 10.2 Å². The lowest BCUT2D eigenvalue weighted by molar-refractivity contribution is -0.385. The molecule has 0 radical (unpaired) electrons. The van der Waals surface area contributed by atoms with Crippen molar-refractivity contribution in [2.75, 3.05) is 19.6 Å². The largest absolute Gasteiger partial charge is 0.444 e. The second-order valence-electron chi connectivity index (χ2n) is 7.87. The van der Waals surface area contributed by atoms with Crippen molar-refractivity contribution >= 4 is 17.7 Å². The Kier molecular flexibility index (Phi) is 6.41. The first-order valence-electron chi connectivity index (χ1n) is 9.08. The van der Waals surface area contributed by atoms with E-state index in [9.17, 15) is 19.7 Å². The fraction of sp³-hybridized carbons (Fsp3) is 0.579. The van der Waals surface area contributed by atoms with Crippen molar-refractivity contribution in [3.63, 3.8) is 0 Å². The minimum Gasteiger partial charge on any atom is -0.444 e. The Labute approximate surface area is 159 Å². The van der Waals surface area contributed by atoms with Gasteiger partial charge in [-0.25, -0.2) is 4.79 Å². The lowest BCUT2D eigenvalue weighted by Crippen LogP contribution is -2.44. The monoisotopic (exact) mass is 377 g/mol. The average Bonchev–Trinajstić information content (AvgIpc) is 2.57. The number of alkyl carbamates (subject to hydrolysis) is 1. The molecule has 0 unspecified atom stereocenters. The molecule has 1 aromatic carbocycles. The second-order valence-corrected chi connectivity index (χ2v) is 7.87. The van der Waals surface area contributed by atoms with Gasteiger partial charge in [-0.2, -0.15) is 0 Å². The molecule has 1 aliphatic rings. The van der Waals surface area contributed by atoms with Gasteiger partial charge in [-0.05, 0) is 52.5 Å². The van der Waals surface area contributed by atoms with Crippen LogP contribution in [0.2, 0.25) is 0 Å². The third-order valence-corrected chi connectivity index (χ3v) is 4.39. The highest BCUT2D eigenvalue weighted by Gasteiger charge is 2.30. The van der Waals surface area contributed by atoms with E-state index in [1.165, 1.54) is 6.07 Å². The van der Waals surface area contributed by atoms with Crippen LogP contribution in [0.1, 0.15) is 49.5 Å². The zero-order valence-corrected chi connectivity index (χ0v) is 16.3. The minimum absolute atomic E-state index is 0.0825. The van der Waals surface area contributed by atoms with Gasteiger partial charge in [-0.15, -0.1) is 0 Å². The standard InChI is InChI=1S/C19H27N3O5/c1-13-7-5-9-15(16(13)22(25)26)17(23)21-10-6-8-14(12-21)11-20-18(24)27-19(2,3)4/h5,7,9,14H,6,8,10-12H2,1-4H3,(H,20,24)/t14-/m0/s1. The summed E-state index contributed by atoms with van der Waals surface area (Å²) in [5.74, 6) is -0.258. The van der Waals surface area contributed by atoms with Crippen LogP contribution in [-0.2, 0) is 4.74 Å². The number of nitro benzene ring substituents is 1. The number of rotatable bonds is 4. The van der Waals surface area contributed by atoms with Gasteiger partial charge in [-0.3, -0.25) is 14.9 Å². The van der Waals surface area contributed by atoms with Gasteiger partial charge in [0.2, 0.25) is 0 Å². The Morgan fingerprint density at radius 3 is 2.70 bits per heavy atom. The molecule has 8 nitrogen and oxygen atoms in total. The van der Waals surface area contributed by atoms with Crippen LogP contribution < -0.4 is 5.32 Å². The maximum Gasteiger partial charge on any atom is 0.407 e. The Morgan fingerprint density at radius 2 is 2.07 bits per heavy atom. The van der Waals surface area contributed by atoms with Crippen molar-refractivity contribution in [1.29, 1.82) is 0 Å². The first kappa shape index (κ1) is 20.7. The van der Waals surface area contributed by atoms with Crippen molar-refractivity contribution in [3.8, 4) is 0 Å². The molecule has 148 valence electrons. The molecule has 2 amide bonds. The summed E-state index contributed by atoms with van der Waals surface area (Å²) in [5.41, 5.74) is -0.133. The van der Waals surface area contributed by atoms with Crippen LogP contribution >= 0.6 is 0 Å². The summed E-state index contributed by atoms with van der Waals surface area (Å²) in [6.45, 7) is 8.40. The van der Waals surface area contributed by atoms with Gasteiger partial charge in [0, 0.05) is 25.2 Å².